The molecule has 0 bridgehead atoms. The summed E-state index contributed by atoms with van der Waals surface area (Å²) in [5.41, 5.74) is 0.826. The molecule has 0 fully saturated rings. The smallest absolute Gasteiger partial charge is 0.407 e. The zero-order valence-corrected chi connectivity index (χ0v) is 15.0. The fraction of sp³-hybridized carbons (Fsp3) is 0.500. The van der Waals surface area contributed by atoms with Crippen LogP contribution in [0.5, 0.6) is 0 Å². The molecule has 26 heavy (non-hydrogen) atoms. The molecule has 2 amide bonds. The lowest BCUT2D eigenvalue weighted by Crippen LogP contribution is -2.46. The van der Waals surface area contributed by atoms with Gasteiger partial charge in [-0.25, -0.2) is 9.59 Å². The Hall–Kier alpha value is -2.61. The van der Waals surface area contributed by atoms with Gasteiger partial charge in [0.15, 0.2) is 0 Å². The second kappa shape index (κ2) is 11.1. The van der Waals surface area contributed by atoms with Crippen molar-refractivity contribution in [2.75, 3.05) is 6.54 Å². The van der Waals surface area contributed by atoms with Gasteiger partial charge in [-0.2, -0.15) is 0 Å². The molecule has 0 saturated carbocycles. The molecule has 0 aliphatic carbocycles. The van der Waals surface area contributed by atoms with Gasteiger partial charge in [-0.05, 0) is 11.5 Å². The summed E-state index contributed by atoms with van der Waals surface area (Å²) < 4.78 is 4.99. The summed E-state index contributed by atoms with van der Waals surface area (Å²) in [7, 11) is 0. The van der Waals surface area contributed by atoms with Crippen LogP contribution in [0.2, 0.25) is 0 Å². The SMILES string of the molecule is CC[C@@H](C)[C@H](NC(=O)C[C@H](O)CNC(=O)OCc1ccccc1)C(=O)O. The molecule has 1 aromatic carbocycles. The maximum absolute atomic E-state index is 11.9. The molecule has 0 aliphatic heterocycles. The Morgan fingerprint density at radius 2 is 1.85 bits per heavy atom. The number of aliphatic carboxylic acids is 1. The molecule has 3 atom stereocenters. The number of carbonyl (C=O) groups excluding carboxylic acids is 2. The average molecular weight is 366 g/mol. The quantitative estimate of drug-likeness (QED) is 0.494. The predicted molar refractivity (Wildman–Crippen MR) is 94.3 cm³/mol. The van der Waals surface area contributed by atoms with Gasteiger partial charge < -0.3 is 25.6 Å². The van der Waals surface area contributed by atoms with Crippen molar-refractivity contribution in [3.63, 3.8) is 0 Å². The first-order valence-corrected chi connectivity index (χ1v) is 8.48. The molecule has 0 aliphatic rings. The molecular weight excluding hydrogens is 340 g/mol. The van der Waals surface area contributed by atoms with Crippen molar-refractivity contribution in [1.29, 1.82) is 0 Å². The Bertz CT molecular complexity index is 593. The first kappa shape index (κ1) is 21.4. The maximum Gasteiger partial charge on any atom is 0.407 e. The molecule has 0 aromatic heterocycles. The lowest BCUT2D eigenvalue weighted by atomic mass is 9.99. The van der Waals surface area contributed by atoms with Crippen LogP contribution in [0.3, 0.4) is 0 Å². The Morgan fingerprint density at radius 1 is 1.19 bits per heavy atom. The van der Waals surface area contributed by atoms with Crippen LogP contribution in [0.4, 0.5) is 4.79 Å². The Morgan fingerprint density at radius 3 is 2.42 bits per heavy atom. The number of alkyl carbamates (subject to hydrolysis) is 1. The highest BCUT2D eigenvalue weighted by Crippen LogP contribution is 2.08. The van der Waals surface area contributed by atoms with E-state index in [2.05, 4.69) is 10.6 Å². The molecule has 8 heteroatoms. The Balaban J connectivity index is 2.31. The lowest BCUT2D eigenvalue weighted by Gasteiger charge is -2.21. The molecular formula is C18H26N2O6. The topological polar surface area (TPSA) is 125 Å². The molecule has 1 aromatic rings. The molecule has 4 N–H and O–H groups in total. The van der Waals surface area contributed by atoms with Crippen molar-refractivity contribution in [3.8, 4) is 0 Å². The number of aliphatic hydroxyl groups excluding tert-OH is 1. The third-order valence-electron chi connectivity index (χ3n) is 3.91. The van der Waals surface area contributed by atoms with Gasteiger partial charge in [0.2, 0.25) is 5.91 Å². The highest BCUT2D eigenvalue weighted by Gasteiger charge is 2.26. The van der Waals surface area contributed by atoms with Crippen LogP contribution < -0.4 is 10.6 Å². The van der Waals surface area contributed by atoms with E-state index in [1.165, 1.54) is 0 Å². The van der Waals surface area contributed by atoms with Crippen molar-refractivity contribution >= 4 is 18.0 Å². The van der Waals surface area contributed by atoms with Crippen molar-refractivity contribution in [2.45, 2.75) is 45.4 Å². The highest BCUT2D eigenvalue weighted by atomic mass is 16.5. The highest BCUT2D eigenvalue weighted by molar-refractivity contribution is 5.84. The number of nitrogens with one attached hydrogen (secondary N) is 2. The number of carbonyl (C=O) groups is 3. The summed E-state index contributed by atoms with van der Waals surface area (Å²) in [4.78, 5) is 34.6. The van der Waals surface area contributed by atoms with Crippen molar-refractivity contribution in [3.05, 3.63) is 35.9 Å². The molecule has 144 valence electrons. The van der Waals surface area contributed by atoms with E-state index in [4.69, 9.17) is 9.84 Å². The number of hydrogen-bond donors (Lipinski definition) is 4. The number of benzene rings is 1. The van der Waals surface area contributed by atoms with Gasteiger partial charge in [0.25, 0.3) is 0 Å². The number of amides is 2. The van der Waals surface area contributed by atoms with E-state index < -0.39 is 30.1 Å². The molecule has 0 spiro atoms. The average Bonchev–Trinajstić information content (AvgIpc) is 2.62. The standard InChI is InChI=1S/C18H26N2O6/c1-3-12(2)16(17(23)24)20-15(22)9-14(21)10-19-18(25)26-11-13-7-5-4-6-8-13/h4-8,12,14,16,21H,3,9-11H2,1-2H3,(H,19,25)(H,20,22)(H,23,24)/t12-,14+,16+/m1/s1. The number of aliphatic hydroxyl groups is 1. The molecule has 0 saturated heterocycles. The normalized spacial score (nSPS) is 14.0. The van der Waals surface area contributed by atoms with Gasteiger partial charge >= 0.3 is 12.1 Å². The van der Waals surface area contributed by atoms with E-state index in [1.54, 1.807) is 6.92 Å². The molecule has 1 rings (SSSR count). The number of rotatable bonds is 10. The third kappa shape index (κ3) is 7.98. The van der Waals surface area contributed by atoms with Crippen LogP contribution in [0.1, 0.15) is 32.3 Å². The van der Waals surface area contributed by atoms with Gasteiger partial charge in [0, 0.05) is 6.54 Å². The summed E-state index contributed by atoms with van der Waals surface area (Å²) in [6.07, 6.45) is -1.59. The molecule has 0 unspecified atom stereocenters. The van der Waals surface area contributed by atoms with Crippen molar-refractivity contribution in [2.24, 2.45) is 5.92 Å². The fourth-order valence-electron chi connectivity index (χ4n) is 2.18. The molecule has 0 heterocycles. The number of carboxylic acid groups (broad SMARTS) is 1. The first-order valence-electron chi connectivity index (χ1n) is 8.48. The monoisotopic (exact) mass is 366 g/mol. The summed E-state index contributed by atoms with van der Waals surface area (Å²) in [6, 6.07) is 8.10. The second-order valence-electron chi connectivity index (χ2n) is 6.07. The largest absolute Gasteiger partial charge is 0.480 e. The first-order chi connectivity index (χ1) is 12.3. The zero-order chi connectivity index (χ0) is 19.5. The van der Waals surface area contributed by atoms with Gasteiger partial charge in [-0.15, -0.1) is 0 Å². The van der Waals surface area contributed by atoms with E-state index in [0.29, 0.717) is 6.42 Å². The van der Waals surface area contributed by atoms with Crippen LogP contribution in [0.15, 0.2) is 30.3 Å². The van der Waals surface area contributed by atoms with Crippen LogP contribution >= 0.6 is 0 Å². The van der Waals surface area contributed by atoms with Crippen LogP contribution in [0, 0.1) is 5.92 Å². The van der Waals surface area contributed by atoms with Crippen LogP contribution in [-0.4, -0.2) is 46.9 Å². The van der Waals surface area contributed by atoms with Gasteiger partial charge in [-0.3, -0.25) is 4.79 Å². The lowest BCUT2D eigenvalue weighted by molar-refractivity contribution is -0.143. The van der Waals surface area contributed by atoms with Crippen LogP contribution in [0.25, 0.3) is 0 Å². The second-order valence-corrected chi connectivity index (χ2v) is 6.07. The third-order valence-corrected chi connectivity index (χ3v) is 3.91. The minimum atomic E-state index is -1.15. The molecule has 8 nitrogen and oxygen atoms in total. The van der Waals surface area contributed by atoms with E-state index in [1.807, 2.05) is 37.3 Å². The summed E-state index contributed by atoms with van der Waals surface area (Å²) in [5.74, 6) is -1.95. The minimum Gasteiger partial charge on any atom is -0.480 e. The maximum atomic E-state index is 11.9. The van der Waals surface area contributed by atoms with E-state index in [0.717, 1.165) is 5.56 Å². The molecule has 0 radical (unpaired) electrons. The summed E-state index contributed by atoms with van der Waals surface area (Å²) in [6.45, 7) is 3.47. The van der Waals surface area contributed by atoms with Crippen LogP contribution in [-0.2, 0) is 20.9 Å². The number of ether oxygens (including phenoxy) is 1. The number of hydrogen-bond acceptors (Lipinski definition) is 5. The zero-order valence-electron chi connectivity index (χ0n) is 15.0. The van der Waals surface area contributed by atoms with Gasteiger partial charge in [-0.1, -0.05) is 50.6 Å². The Kier molecular flexibility index (Phi) is 9.14. The van der Waals surface area contributed by atoms with E-state index in [-0.39, 0.29) is 25.5 Å². The van der Waals surface area contributed by atoms with Gasteiger partial charge in [0.05, 0.1) is 12.5 Å². The van der Waals surface area contributed by atoms with Crippen molar-refractivity contribution < 1.29 is 29.3 Å². The predicted octanol–water partition coefficient (Wildman–Crippen LogP) is 1.28. The van der Waals surface area contributed by atoms with E-state index >= 15 is 0 Å². The van der Waals surface area contributed by atoms with Gasteiger partial charge in [0.1, 0.15) is 12.6 Å². The Labute approximate surface area is 152 Å². The van der Waals surface area contributed by atoms with Crippen molar-refractivity contribution in [1.82, 2.24) is 10.6 Å². The van der Waals surface area contributed by atoms with E-state index in [9.17, 15) is 19.5 Å². The minimum absolute atomic E-state index is 0.0957. The fourth-order valence-corrected chi connectivity index (χ4v) is 2.18. The summed E-state index contributed by atoms with van der Waals surface area (Å²) >= 11 is 0. The summed E-state index contributed by atoms with van der Waals surface area (Å²) in [5, 5.41) is 23.7. The number of carboxylic acids is 1.